The van der Waals surface area contributed by atoms with Crippen molar-refractivity contribution in [3.8, 4) is 0 Å². The molecule has 0 spiro atoms. The van der Waals surface area contributed by atoms with Crippen LogP contribution in [0.4, 0.5) is 0 Å². The molecule has 0 radical (unpaired) electrons. The van der Waals surface area contributed by atoms with Gasteiger partial charge >= 0.3 is 5.97 Å². The van der Waals surface area contributed by atoms with Gasteiger partial charge in [0.2, 0.25) is 10.0 Å². The van der Waals surface area contributed by atoms with E-state index in [-0.39, 0.29) is 12.5 Å². The first kappa shape index (κ1) is 17.8. The van der Waals surface area contributed by atoms with Crippen LogP contribution in [-0.4, -0.2) is 50.0 Å². The van der Waals surface area contributed by atoms with Gasteiger partial charge in [0, 0.05) is 13.1 Å². The molecule has 3 rings (SSSR count). The molecule has 25 heavy (non-hydrogen) atoms. The first-order chi connectivity index (χ1) is 12.0. The largest absolute Gasteiger partial charge is 0.480 e. The number of hydrogen-bond donors (Lipinski definition) is 2. The molecule has 1 aliphatic heterocycles. The summed E-state index contributed by atoms with van der Waals surface area (Å²) in [6, 6.07) is 12.9. The number of rotatable bonds is 6. The van der Waals surface area contributed by atoms with Crippen molar-refractivity contribution in [2.24, 2.45) is 5.92 Å². The zero-order chi connectivity index (χ0) is 17.9. The van der Waals surface area contributed by atoms with Crippen LogP contribution in [0.15, 0.2) is 47.4 Å². The maximum absolute atomic E-state index is 13.0. The summed E-state index contributed by atoms with van der Waals surface area (Å²) in [7, 11) is -3.54. The molecular weight excluding hydrogens is 340 g/mol. The molecule has 0 amide bonds. The lowest BCUT2D eigenvalue weighted by molar-refractivity contribution is -0.136. The lowest BCUT2D eigenvalue weighted by Crippen LogP contribution is -2.43. The highest BCUT2D eigenvalue weighted by Gasteiger charge is 2.30. The number of aliphatic carboxylic acids is 1. The SMILES string of the molecule is O=C(O)CNCC1CCCN(S(=O)(=O)c2ccc3ccccc3c2)C1. The summed E-state index contributed by atoms with van der Waals surface area (Å²) < 4.78 is 27.5. The van der Waals surface area contributed by atoms with Gasteiger partial charge in [-0.3, -0.25) is 4.79 Å². The zero-order valence-electron chi connectivity index (χ0n) is 13.9. The number of carbonyl (C=O) groups is 1. The van der Waals surface area contributed by atoms with Crippen LogP contribution in [0.3, 0.4) is 0 Å². The molecule has 2 N–H and O–H groups in total. The number of nitrogens with zero attached hydrogens (tertiary/aromatic N) is 1. The van der Waals surface area contributed by atoms with E-state index in [4.69, 9.17) is 5.11 Å². The molecule has 1 fully saturated rings. The van der Waals surface area contributed by atoms with E-state index in [1.54, 1.807) is 12.1 Å². The van der Waals surface area contributed by atoms with E-state index >= 15 is 0 Å². The molecule has 2 aromatic rings. The molecule has 1 unspecified atom stereocenters. The van der Waals surface area contributed by atoms with E-state index in [1.807, 2.05) is 30.3 Å². The Kier molecular flexibility index (Phi) is 5.36. The van der Waals surface area contributed by atoms with Crippen molar-refractivity contribution >= 4 is 26.8 Å². The minimum atomic E-state index is -3.54. The van der Waals surface area contributed by atoms with Gasteiger partial charge < -0.3 is 10.4 Å². The molecule has 1 atom stereocenters. The Morgan fingerprint density at radius 3 is 2.72 bits per heavy atom. The standard InChI is InChI=1S/C18H22N2O4S/c21-18(22)12-19-11-14-4-3-9-20(13-14)25(23,24)17-8-7-15-5-1-2-6-16(15)10-17/h1-2,5-8,10,14,19H,3-4,9,11-13H2,(H,21,22). The van der Waals surface area contributed by atoms with Crippen molar-refractivity contribution in [2.75, 3.05) is 26.2 Å². The number of carboxylic acids is 1. The molecule has 6 nitrogen and oxygen atoms in total. The van der Waals surface area contributed by atoms with Gasteiger partial charge in [0.15, 0.2) is 0 Å². The molecular formula is C18H22N2O4S. The molecule has 0 saturated carbocycles. The van der Waals surface area contributed by atoms with Crippen molar-refractivity contribution in [3.05, 3.63) is 42.5 Å². The third-order valence-electron chi connectivity index (χ3n) is 4.55. The quantitative estimate of drug-likeness (QED) is 0.820. The number of carboxylic acid groups (broad SMARTS) is 1. The number of hydrogen-bond acceptors (Lipinski definition) is 4. The molecule has 2 aromatic carbocycles. The first-order valence-electron chi connectivity index (χ1n) is 8.38. The van der Waals surface area contributed by atoms with Gasteiger partial charge in [-0.2, -0.15) is 4.31 Å². The minimum Gasteiger partial charge on any atom is -0.480 e. The summed E-state index contributed by atoms with van der Waals surface area (Å²) in [5, 5.41) is 13.5. The van der Waals surface area contributed by atoms with E-state index in [2.05, 4.69) is 5.32 Å². The molecule has 0 aliphatic carbocycles. The summed E-state index contributed by atoms with van der Waals surface area (Å²) in [5.74, 6) is -0.778. The molecule has 1 aliphatic rings. The van der Waals surface area contributed by atoms with Crippen molar-refractivity contribution < 1.29 is 18.3 Å². The van der Waals surface area contributed by atoms with E-state index in [9.17, 15) is 13.2 Å². The van der Waals surface area contributed by atoms with Crippen molar-refractivity contribution in [1.82, 2.24) is 9.62 Å². The van der Waals surface area contributed by atoms with Gasteiger partial charge in [-0.25, -0.2) is 8.42 Å². The van der Waals surface area contributed by atoms with Crippen molar-refractivity contribution in [1.29, 1.82) is 0 Å². The molecule has 0 bridgehead atoms. The highest BCUT2D eigenvalue weighted by molar-refractivity contribution is 7.89. The third-order valence-corrected chi connectivity index (χ3v) is 6.41. The average Bonchev–Trinajstić information content (AvgIpc) is 2.61. The Morgan fingerprint density at radius 2 is 1.96 bits per heavy atom. The van der Waals surface area contributed by atoms with E-state index in [0.29, 0.717) is 24.5 Å². The lowest BCUT2D eigenvalue weighted by atomic mass is 10.00. The average molecular weight is 362 g/mol. The van der Waals surface area contributed by atoms with E-state index in [0.717, 1.165) is 23.6 Å². The van der Waals surface area contributed by atoms with Crippen LogP contribution in [0.1, 0.15) is 12.8 Å². The van der Waals surface area contributed by atoms with Crippen LogP contribution < -0.4 is 5.32 Å². The third kappa shape index (κ3) is 4.18. The Bertz CT molecular complexity index is 866. The second-order valence-corrected chi connectivity index (χ2v) is 8.34. The fraction of sp³-hybridized carbons (Fsp3) is 0.389. The predicted molar refractivity (Wildman–Crippen MR) is 95.9 cm³/mol. The highest BCUT2D eigenvalue weighted by atomic mass is 32.2. The van der Waals surface area contributed by atoms with Gasteiger partial charge in [0.05, 0.1) is 11.4 Å². The van der Waals surface area contributed by atoms with Crippen molar-refractivity contribution in [3.63, 3.8) is 0 Å². The Morgan fingerprint density at radius 1 is 1.20 bits per heavy atom. The second-order valence-electron chi connectivity index (χ2n) is 6.40. The van der Waals surface area contributed by atoms with Crippen LogP contribution in [0.2, 0.25) is 0 Å². The fourth-order valence-corrected chi connectivity index (χ4v) is 4.86. The zero-order valence-corrected chi connectivity index (χ0v) is 14.7. The molecule has 1 saturated heterocycles. The lowest BCUT2D eigenvalue weighted by Gasteiger charge is -2.32. The molecule has 134 valence electrons. The monoisotopic (exact) mass is 362 g/mol. The molecule has 0 aromatic heterocycles. The summed E-state index contributed by atoms with van der Waals surface area (Å²) >= 11 is 0. The maximum atomic E-state index is 13.0. The van der Waals surface area contributed by atoms with Crippen LogP contribution in [0, 0.1) is 5.92 Å². The molecule has 1 heterocycles. The number of nitrogens with one attached hydrogen (secondary N) is 1. The summed E-state index contributed by atoms with van der Waals surface area (Å²) in [4.78, 5) is 10.9. The van der Waals surface area contributed by atoms with Crippen LogP contribution in [-0.2, 0) is 14.8 Å². The Balaban J connectivity index is 1.75. The van der Waals surface area contributed by atoms with Gasteiger partial charge in [0.25, 0.3) is 0 Å². The van der Waals surface area contributed by atoms with Gasteiger partial charge in [-0.05, 0) is 48.2 Å². The van der Waals surface area contributed by atoms with Gasteiger partial charge in [-0.1, -0.05) is 30.3 Å². The predicted octanol–water partition coefficient (Wildman–Crippen LogP) is 1.91. The van der Waals surface area contributed by atoms with Gasteiger partial charge in [0.1, 0.15) is 0 Å². The second kappa shape index (κ2) is 7.51. The highest BCUT2D eigenvalue weighted by Crippen LogP contribution is 2.26. The molecule has 7 heteroatoms. The fourth-order valence-electron chi connectivity index (χ4n) is 3.27. The Labute approximate surface area is 147 Å². The van der Waals surface area contributed by atoms with Crippen LogP contribution >= 0.6 is 0 Å². The summed E-state index contributed by atoms with van der Waals surface area (Å²) in [6.45, 7) is 1.33. The van der Waals surface area contributed by atoms with Crippen LogP contribution in [0.25, 0.3) is 10.8 Å². The van der Waals surface area contributed by atoms with Gasteiger partial charge in [-0.15, -0.1) is 0 Å². The number of fused-ring (bicyclic) bond motifs is 1. The van der Waals surface area contributed by atoms with E-state index in [1.165, 1.54) is 4.31 Å². The smallest absolute Gasteiger partial charge is 0.317 e. The van der Waals surface area contributed by atoms with Crippen molar-refractivity contribution in [2.45, 2.75) is 17.7 Å². The maximum Gasteiger partial charge on any atom is 0.317 e. The summed E-state index contributed by atoms with van der Waals surface area (Å²) in [5.41, 5.74) is 0. The van der Waals surface area contributed by atoms with E-state index < -0.39 is 16.0 Å². The Hall–Kier alpha value is -1.96. The number of benzene rings is 2. The number of piperidine rings is 1. The topological polar surface area (TPSA) is 86.7 Å². The van der Waals surface area contributed by atoms with Crippen LogP contribution in [0.5, 0.6) is 0 Å². The summed E-state index contributed by atoms with van der Waals surface area (Å²) in [6.07, 6.45) is 1.68. The first-order valence-corrected chi connectivity index (χ1v) is 9.82. The number of sulfonamides is 1. The minimum absolute atomic E-state index is 0.103. The normalized spacial score (nSPS) is 19.1.